The first kappa shape index (κ1) is 13.7. The summed E-state index contributed by atoms with van der Waals surface area (Å²) in [4.78, 5) is 4.46. The van der Waals surface area contributed by atoms with Gasteiger partial charge in [-0.05, 0) is 24.3 Å². The van der Waals surface area contributed by atoms with Crippen molar-refractivity contribution in [3.63, 3.8) is 0 Å². The molecule has 0 saturated carbocycles. The number of hydrogen-bond donors (Lipinski definition) is 1. The third-order valence-electron chi connectivity index (χ3n) is 3.04. The molecular formula is C15H11BrFNOS. The van der Waals surface area contributed by atoms with Crippen molar-refractivity contribution in [2.45, 2.75) is 12.5 Å². The average molecular weight is 352 g/mol. The Labute approximate surface area is 128 Å². The average Bonchev–Trinajstić information content (AvgIpc) is 2.80. The molecule has 1 atom stereocenters. The molecule has 102 valence electrons. The van der Waals surface area contributed by atoms with Gasteiger partial charge < -0.3 is 5.11 Å². The van der Waals surface area contributed by atoms with E-state index >= 15 is 0 Å². The van der Waals surface area contributed by atoms with E-state index in [1.54, 1.807) is 12.1 Å². The van der Waals surface area contributed by atoms with E-state index in [9.17, 15) is 9.50 Å². The predicted molar refractivity (Wildman–Crippen MR) is 82.4 cm³/mol. The van der Waals surface area contributed by atoms with Crippen molar-refractivity contribution in [2.75, 3.05) is 0 Å². The molecule has 0 aliphatic rings. The van der Waals surface area contributed by atoms with Gasteiger partial charge in [0.15, 0.2) is 0 Å². The summed E-state index contributed by atoms with van der Waals surface area (Å²) in [5.74, 6) is -0.409. The van der Waals surface area contributed by atoms with Gasteiger partial charge in [-0.2, -0.15) is 0 Å². The number of halogens is 2. The summed E-state index contributed by atoms with van der Waals surface area (Å²) in [6.07, 6.45) is -0.607. The lowest BCUT2D eigenvalue weighted by Gasteiger charge is -2.12. The van der Waals surface area contributed by atoms with Gasteiger partial charge in [0.25, 0.3) is 0 Å². The van der Waals surface area contributed by atoms with Gasteiger partial charge in [-0.1, -0.05) is 34.1 Å². The second kappa shape index (κ2) is 5.60. The van der Waals surface area contributed by atoms with Crippen molar-refractivity contribution >= 4 is 37.5 Å². The van der Waals surface area contributed by atoms with Crippen LogP contribution in [0.3, 0.4) is 0 Å². The van der Waals surface area contributed by atoms with E-state index in [0.717, 1.165) is 15.2 Å². The number of fused-ring (bicyclic) bond motifs is 1. The number of aliphatic hydroxyl groups excluding tert-OH is 1. The molecule has 2 nitrogen and oxygen atoms in total. The zero-order valence-corrected chi connectivity index (χ0v) is 12.8. The highest BCUT2D eigenvalue weighted by atomic mass is 79.9. The number of nitrogens with zero attached hydrogens (tertiary/aromatic N) is 1. The van der Waals surface area contributed by atoms with Crippen molar-refractivity contribution in [1.29, 1.82) is 0 Å². The van der Waals surface area contributed by atoms with Crippen LogP contribution in [-0.4, -0.2) is 10.1 Å². The molecule has 0 radical (unpaired) electrons. The molecule has 3 rings (SSSR count). The molecule has 1 heterocycles. The van der Waals surface area contributed by atoms with Crippen molar-refractivity contribution in [3.05, 3.63) is 63.3 Å². The fourth-order valence-electron chi connectivity index (χ4n) is 2.10. The molecule has 0 fully saturated rings. The number of thiazole rings is 1. The van der Waals surface area contributed by atoms with Gasteiger partial charge in [0.1, 0.15) is 5.82 Å². The summed E-state index contributed by atoms with van der Waals surface area (Å²) in [7, 11) is 0. The first-order valence-corrected chi connectivity index (χ1v) is 7.72. The number of benzene rings is 2. The summed E-state index contributed by atoms with van der Waals surface area (Å²) in [5, 5.41) is 11.1. The lowest BCUT2D eigenvalue weighted by Crippen LogP contribution is -2.05. The first-order chi connectivity index (χ1) is 9.65. The molecule has 0 amide bonds. The Morgan fingerprint density at radius 2 is 2.00 bits per heavy atom. The highest BCUT2D eigenvalue weighted by Crippen LogP contribution is 2.31. The minimum absolute atomic E-state index is 0.284. The maximum atomic E-state index is 13.8. The Morgan fingerprint density at radius 1 is 1.20 bits per heavy atom. The molecule has 0 aliphatic heterocycles. The Hall–Kier alpha value is -1.30. The topological polar surface area (TPSA) is 33.1 Å². The largest absolute Gasteiger partial charge is 0.388 e. The van der Waals surface area contributed by atoms with Crippen molar-refractivity contribution in [1.82, 2.24) is 4.98 Å². The molecule has 1 unspecified atom stereocenters. The Kier molecular flexibility index (Phi) is 3.83. The number of rotatable bonds is 3. The minimum Gasteiger partial charge on any atom is -0.388 e. The molecule has 3 aromatic rings. The number of aliphatic hydroxyl groups is 1. The van der Waals surface area contributed by atoms with Crippen LogP contribution in [0.1, 0.15) is 16.7 Å². The summed E-state index contributed by atoms with van der Waals surface area (Å²) < 4.78 is 15.4. The fourth-order valence-corrected chi connectivity index (χ4v) is 3.71. The molecule has 0 spiro atoms. The monoisotopic (exact) mass is 351 g/mol. The van der Waals surface area contributed by atoms with Gasteiger partial charge in [-0.25, -0.2) is 9.37 Å². The molecule has 2 aromatic carbocycles. The second-order valence-electron chi connectivity index (χ2n) is 4.43. The molecular weight excluding hydrogens is 341 g/mol. The van der Waals surface area contributed by atoms with E-state index in [2.05, 4.69) is 20.9 Å². The molecule has 0 bridgehead atoms. The summed E-state index contributed by atoms with van der Waals surface area (Å²) in [5.41, 5.74) is 1.19. The van der Waals surface area contributed by atoms with E-state index in [4.69, 9.17) is 0 Å². The highest BCUT2D eigenvalue weighted by molar-refractivity contribution is 9.10. The predicted octanol–water partition coefficient (Wildman–Crippen LogP) is 4.47. The Bertz CT molecular complexity index is 705. The zero-order valence-electron chi connectivity index (χ0n) is 10.4. The van der Waals surface area contributed by atoms with E-state index in [1.807, 2.05) is 24.3 Å². The quantitative estimate of drug-likeness (QED) is 0.754. The highest BCUT2D eigenvalue weighted by Gasteiger charge is 2.18. The standard InChI is InChI=1S/C15H11BrFNOS/c16-9-4-3-5-10(17)15(9)12(19)8-14-18-11-6-1-2-7-13(11)20-14/h1-7,12,19H,8H2. The van der Waals surface area contributed by atoms with Crippen LogP contribution in [0.2, 0.25) is 0 Å². The van der Waals surface area contributed by atoms with Crippen LogP contribution >= 0.6 is 27.3 Å². The number of hydrogen-bond acceptors (Lipinski definition) is 3. The zero-order chi connectivity index (χ0) is 14.1. The Morgan fingerprint density at radius 3 is 2.75 bits per heavy atom. The molecule has 5 heteroatoms. The first-order valence-electron chi connectivity index (χ1n) is 6.11. The number of aromatic nitrogens is 1. The van der Waals surface area contributed by atoms with E-state index in [1.165, 1.54) is 17.4 Å². The van der Waals surface area contributed by atoms with E-state index < -0.39 is 11.9 Å². The normalized spacial score (nSPS) is 12.8. The smallest absolute Gasteiger partial charge is 0.130 e. The van der Waals surface area contributed by atoms with Gasteiger partial charge in [0.05, 0.1) is 21.3 Å². The maximum absolute atomic E-state index is 13.8. The SMILES string of the molecule is OC(Cc1nc2ccccc2s1)c1c(F)cccc1Br. The van der Waals surface area contributed by atoms with E-state index in [-0.39, 0.29) is 5.56 Å². The minimum atomic E-state index is -0.911. The van der Waals surface area contributed by atoms with Crippen LogP contribution in [0.25, 0.3) is 10.2 Å². The third-order valence-corrected chi connectivity index (χ3v) is 4.79. The van der Waals surface area contributed by atoms with Gasteiger partial charge in [0, 0.05) is 16.5 Å². The molecule has 20 heavy (non-hydrogen) atoms. The van der Waals surface area contributed by atoms with Crippen LogP contribution in [0.5, 0.6) is 0 Å². The van der Waals surface area contributed by atoms with Gasteiger partial charge in [-0.3, -0.25) is 0 Å². The lowest BCUT2D eigenvalue weighted by molar-refractivity contribution is 0.173. The van der Waals surface area contributed by atoms with E-state index in [0.29, 0.717) is 10.9 Å². The van der Waals surface area contributed by atoms with Crippen LogP contribution < -0.4 is 0 Å². The van der Waals surface area contributed by atoms with Gasteiger partial charge >= 0.3 is 0 Å². The second-order valence-corrected chi connectivity index (χ2v) is 6.40. The van der Waals surface area contributed by atoms with Crippen molar-refractivity contribution in [3.8, 4) is 0 Å². The van der Waals surface area contributed by atoms with Crippen LogP contribution in [-0.2, 0) is 6.42 Å². The van der Waals surface area contributed by atoms with Gasteiger partial charge in [0.2, 0.25) is 0 Å². The van der Waals surface area contributed by atoms with Crippen LogP contribution in [0, 0.1) is 5.82 Å². The van der Waals surface area contributed by atoms with Crippen LogP contribution in [0.15, 0.2) is 46.9 Å². The fraction of sp³-hybridized carbons (Fsp3) is 0.133. The maximum Gasteiger partial charge on any atom is 0.130 e. The summed E-state index contributed by atoms with van der Waals surface area (Å²) in [6.45, 7) is 0. The van der Waals surface area contributed by atoms with Crippen molar-refractivity contribution in [2.24, 2.45) is 0 Å². The van der Waals surface area contributed by atoms with Crippen LogP contribution in [0.4, 0.5) is 4.39 Å². The lowest BCUT2D eigenvalue weighted by atomic mass is 10.1. The molecule has 0 saturated heterocycles. The Balaban J connectivity index is 1.90. The van der Waals surface area contributed by atoms with Crippen molar-refractivity contribution < 1.29 is 9.50 Å². The summed E-state index contributed by atoms with van der Waals surface area (Å²) >= 11 is 4.80. The molecule has 1 N–H and O–H groups in total. The van der Waals surface area contributed by atoms with Gasteiger partial charge in [-0.15, -0.1) is 11.3 Å². The third kappa shape index (κ3) is 2.61. The summed E-state index contributed by atoms with van der Waals surface area (Å²) in [6, 6.07) is 12.5. The number of para-hydroxylation sites is 1. The molecule has 1 aromatic heterocycles. The molecule has 0 aliphatic carbocycles.